The van der Waals surface area contributed by atoms with Crippen LogP contribution in [0.5, 0.6) is 0 Å². The number of benzene rings is 2. The smallest absolute Gasteiger partial charge is 0.285 e. The predicted octanol–water partition coefficient (Wildman–Crippen LogP) is 1.94. The van der Waals surface area contributed by atoms with Crippen LogP contribution < -0.4 is 11.1 Å². The minimum Gasteiger partial charge on any atom is -0.369 e. The second-order valence-corrected chi connectivity index (χ2v) is 11.0. The van der Waals surface area contributed by atoms with E-state index in [4.69, 9.17) is 5.73 Å². The zero-order chi connectivity index (χ0) is 24.6. The zero-order valence-corrected chi connectivity index (χ0v) is 20.2. The fourth-order valence-electron chi connectivity index (χ4n) is 5.20. The molecule has 3 heterocycles. The number of carbonyl (C=O) groups excluding carboxylic acids is 2. The van der Waals surface area contributed by atoms with Gasteiger partial charge in [0.15, 0.2) is 5.84 Å². The van der Waals surface area contributed by atoms with Gasteiger partial charge in [0.1, 0.15) is 10.9 Å². The molecule has 0 saturated carbocycles. The van der Waals surface area contributed by atoms with Gasteiger partial charge in [0.2, 0.25) is 11.8 Å². The Kier molecular flexibility index (Phi) is 6.33. The summed E-state index contributed by atoms with van der Waals surface area (Å²) in [6, 6.07) is 13.9. The lowest BCUT2D eigenvalue weighted by atomic mass is 9.97. The van der Waals surface area contributed by atoms with Crippen molar-refractivity contribution in [2.24, 2.45) is 16.0 Å². The molecule has 0 bridgehead atoms. The Morgan fingerprint density at radius 3 is 2.54 bits per heavy atom. The van der Waals surface area contributed by atoms with E-state index in [1.807, 2.05) is 24.3 Å². The van der Waals surface area contributed by atoms with Crippen LogP contribution >= 0.6 is 0 Å². The van der Waals surface area contributed by atoms with Gasteiger partial charge in [-0.05, 0) is 62.1 Å². The van der Waals surface area contributed by atoms with Gasteiger partial charge >= 0.3 is 0 Å². The minimum atomic E-state index is -3.74. The molecule has 3 aliphatic rings. The number of fused-ring (bicyclic) bond motifs is 1. The van der Waals surface area contributed by atoms with Gasteiger partial charge < -0.3 is 16.0 Å². The van der Waals surface area contributed by atoms with Gasteiger partial charge in [-0.3, -0.25) is 14.5 Å². The number of sulfonamides is 1. The monoisotopic (exact) mass is 495 g/mol. The van der Waals surface area contributed by atoms with Gasteiger partial charge in [0, 0.05) is 30.9 Å². The fourth-order valence-corrected chi connectivity index (χ4v) is 6.41. The Morgan fingerprint density at radius 2 is 1.77 bits per heavy atom. The highest BCUT2D eigenvalue weighted by Crippen LogP contribution is 2.31. The highest BCUT2D eigenvalue weighted by molar-refractivity contribution is 7.90. The standard InChI is InChI=1S/C25H29N5O4S/c26-23(31)18-5-3-13-29(16-18)15-17-9-11-19(12-10-17)27-25(32)21-7-4-14-30(21)24-20-6-1-2-8-22(20)35(33,34)28-24/h1-2,6,8-12,18,21H,3-5,7,13-16H2,(H2,26,31)(H,27,32)/t18?,21-/m0/s1. The number of hydrogen-bond acceptors (Lipinski definition) is 6. The zero-order valence-electron chi connectivity index (χ0n) is 19.4. The van der Waals surface area contributed by atoms with Crippen molar-refractivity contribution in [2.75, 3.05) is 25.0 Å². The van der Waals surface area contributed by atoms with Crippen LogP contribution in [0.3, 0.4) is 0 Å². The first-order valence-corrected chi connectivity index (χ1v) is 13.4. The molecule has 2 aromatic carbocycles. The van der Waals surface area contributed by atoms with Crippen molar-refractivity contribution in [3.8, 4) is 0 Å². The normalized spacial score (nSPS) is 23.5. The molecule has 3 aliphatic heterocycles. The van der Waals surface area contributed by atoms with Crippen molar-refractivity contribution in [3.05, 3.63) is 59.7 Å². The Balaban J connectivity index is 1.24. The highest BCUT2D eigenvalue weighted by atomic mass is 32.2. The summed E-state index contributed by atoms with van der Waals surface area (Å²) >= 11 is 0. The second kappa shape index (κ2) is 9.43. The first-order chi connectivity index (χ1) is 16.8. The molecule has 2 amide bonds. The number of anilines is 1. The topological polar surface area (TPSA) is 125 Å². The maximum absolute atomic E-state index is 13.1. The molecular formula is C25H29N5O4S. The number of nitrogens with one attached hydrogen (secondary N) is 1. The lowest BCUT2D eigenvalue weighted by Gasteiger charge is -2.31. The number of likely N-dealkylation sites (tertiary alicyclic amines) is 2. The van der Waals surface area contributed by atoms with Crippen LogP contribution in [0.15, 0.2) is 57.8 Å². The third-order valence-electron chi connectivity index (χ3n) is 6.98. The molecule has 0 spiro atoms. The number of carbonyl (C=O) groups is 2. The van der Waals surface area contributed by atoms with E-state index in [-0.39, 0.29) is 22.6 Å². The maximum Gasteiger partial charge on any atom is 0.285 e. The summed E-state index contributed by atoms with van der Waals surface area (Å²) in [6.07, 6.45) is 3.21. The number of hydrogen-bond donors (Lipinski definition) is 2. The molecule has 184 valence electrons. The van der Waals surface area contributed by atoms with Crippen molar-refractivity contribution in [3.63, 3.8) is 0 Å². The molecule has 2 aromatic rings. The molecule has 10 heteroatoms. The van der Waals surface area contributed by atoms with Gasteiger partial charge in [-0.25, -0.2) is 0 Å². The quantitative estimate of drug-likeness (QED) is 0.653. The van der Waals surface area contributed by atoms with Gasteiger partial charge in [-0.2, -0.15) is 8.42 Å². The van der Waals surface area contributed by atoms with E-state index in [2.05, 4.69) is 14.6 Å². The molecule has 2 fully saturated rings. The number of primary amides is 1. The number of nitrogens with zero attached hydrogens (tertiary/aromatic N) is 3. The Hall–Kier alpha value is -3.24. The van der Waals surface area contributed by atoms with Gasteiger partial charge in [-0.15, -0.1) is 4.40 Å². The minimum absolute atomic E-state index is 0.0944. The largest absolute Gasteiger partial charge is 0.369 e. The van der Waals surface area contributed by atoms with Crippen LogP contribution in [0.25, 0.3) is 0 Å². The van der Waals surface area contributed by atoms with Crippen LogP contribution in [-0.2, 0) is 26.2 Å². The van der Waals surface area contributed by atoms with E-state index in [0.29, 0.717) is 36.6 Å². The third kappa shape index (κ3) is 4.81. The number of piperidine rings is 1. The van der Waals surface area contributed by atoms with Crippen molar-refractivity contribution in [1.29, 1.82) is 0 Å². The van der Waals surface area contributed by atoms with Gasteiger partial charge in [-0.1, -0.05) is 24.3 Å². The van der Waals surface area contributed by atoms with E-state index in [9.17, 15) is 18.0 Å². The van der Waals surface area contributed by atoms with Gasteiger partial charge in [0.25, 0.3) is 10.0 Å². The van der Waals surface area contributed by atoms with Crippen LogP contribution in [0.2, 0.25) is 0 Å². The highest BCUT2D eigenvalue weighted by Gasteiger charge is 2.39. The number of nitrogens with two attached hydrogens (primary N) is 1. The van der Waals surface area contributed by atoms with Crippen molar-refractivity contribution < 1.29 is 18.0 Å². The van der Waals surface area contributed by atoms with E-state index in [0.717, 1.165) is 37.9 Å². The summed E-state index contributed by atoms with van der Waals surface area (Å²) in [5.41, 5.74) is 7.81. The summed E-state index contributed by atoms with van der Waals surface area (Å²) < 4.78 is 28.9. The summed E-state index contributed by atoms with van der Waals surface area (Å²) in [5, 5.41) is 2.98. The molecular weight excluding hydrogens is 466 g/mol. The SMILES string of the molecule is NC(=O)C1CCCN(Cc2ccc(NC(=O)[C@@H]3CCCN3C3=NS(=O)(=O)c4ccccc43)cc2)C1. The molecule has 2 atom stereocenters. The Labute approximate surface area is 205 Å². The molecule has 35 heavy (non-hydrogen) atoms. The van der Waals surface area contributed by atoms with E-state index < -0.39 is 16.1 Å². The number of amidine groups is 1. The van der Waals surface area contributed by atoms with Crippen molar-refractivity contribution in [2.45, 2.75) is 43.2 Å². The first kappa shape index (κ1) is 23.5. The summed E-state index contributed by atoms with van der Waals surface area (Å²) in [7, 11) is -3.74. The Morgan fingerprint density at radius 1 is 1.03 bits per heavy atom. The van der Waals surface area contributed by atoms with E-state index >= 15 is 0 Å². The molecule has 0 aromatic heterocycles. The van der Waals surface area contributed by atoms with Crippen LogP contribution in [-0.4, -0.2) is 61.5 Å². The summed E-state index contributed by atoms with van der Waals surface area (Å²) in [4.78, 5) is 28.9. The average molecular weight is 496 g/mol. The lowest BCUT2D eigenvalue weighted by Crippen LogP contribution is -2.43. The Bertz CT molecular complexity index is 1280. The molecule has 0 radical (unpaired) electrons. The number of amides is 2. The van der Waals surface area contributed by atoms with Gasteiger partial charge in [0.05, 0.1) is 5.92 Å². The average Bonchev–Trinajstić information content (AvgIpc) is 3.43. The molecule has 1 unspecified atom stereocenters. The van der Waals surface area contributed by atoms with E-state index in [1.165, 1.54) is 0 Å². The van der Waals surface area contributed by atoms with Crippen LogP contribution in [0.4, 0.5) is 5.69 Å². The van der Waals surface area contributed by atoms with Crippen molar-refractivity contribution in [1.82, 2.24) is 9.80 Å². The van der Waals surface area contributed by atoms with Crippen LogP contribution in [0.1, 0.15) is 36.8 Å². The first-order valence-electron chi connectivity index (χ1n) is 11.9. The molecule has 2 saturated heterocycles. The summed E-state index contributed by atoms with van der Waals surface area (Å²) in [6.45, 7) is 2.90. The second-order valence-electron chi connectivity index (χ2n) is 9.40. The molecule has 3 N–H and O–H groups in total. The molecule has 5 rings (SSSR count). The molecule has 9 nitrogen and oxygen atoms in total. The van der Waals surface area contributed by atoms with Crippen LogP contribution in [0, 0.1) is 5.92 Å². The lowest BCUT2D eigenvalue weighted by molar-refractivity contribution is -0.123. The summed E-state index contributed by atoms with van der Waals surface area (Å²) in [5.74, 6) is -0.161. The molecule has 0 aliphatic carbocycles. The van der Waals surface area contributed by atoms with Crippen molar-refractivity contribution >= 4 is 33.4 Å². The fraction of sp³-hybridized carbons (Fsp3) is 0.400. The predicted molar refractivity (Wildman–Crippen MR) is 132 cm³/mol. The third-order valence-corrected chi connectivity index (χ3v) is 8.30. The number of rotatable bonds is 5. The van der Waals surface area contributed by atoms with E-state index in [1.54, 1.807) is 29.2 Å². The maximum atomic E-state index is 13.1.